The van der Waals surface area contributed by atoms with Crippen molar-refractivity contribution in [3.05, 3.63) is 47.1 Å². The van der Waals surface area contributed by atoms with Gasteiger partial charge in [0.2, 0.25) is 17.9 Å². The minimum Gasteiger partial charge on any atom is -0.480 e. The number of benzene rings is 1. The molecule has 0 bridgehead atoms. The van der Waals surface area contributed by atoms with Crippen LogP contribution in [0.15, 0.2) is 36.5 Å². The van der Waals surface area contributed by atoms with Crippen LogP contribution in [0.4, 0.5) is 24.9 Å². The van der Waals surface area contributed by atoms with Gasteiger partial charge in [0.25, 0.3) is 0 Å². The van der Waals surface area contributed by atoms with Gasteiger partial charge in [-0.3, -0.25) is 9.48 Å². The highest BCUT2D eigenvalue weighted by Gasteiger charge is 2.46. The van der Waals surface area contributed by atoms with Crippen LogP contribution in [0.2, 0.25) is 5.02 Å². The number of aromatic nitrogens is 4. The number of alkyl halides is 3. The summed E-state index contributed by atoms with van der Waals surface area (Å²) in [6.07, 6.45) is -3.63. The largest absolute Gasteiger partial charge is 0.480 e. The Bertz CT molecular complexity index is 1380. The van der Waals surface area contributed by atoms with Gasteiger partial charge in [-0.05, 0) is 42.9 Å². The fraction of sp³-hybridized carbons (Fsp3) is 0.440. The molecule has 0 radical (unpaired) electrons. The number of hydrogen-bond donors (Lipinski definition) is 3. The van der Waals surface area contributed by atoms with E-state index in [0.717, 1.165) is 0 Å². The van der Waals surface area contributed by atoms with E-state index >= 15 is 0 Å². The van der Waals surface area contributed by atoms with Gasteiger partial charge in [0, 0.05) is 55.1 Å². The smallest absolute Gasteiger partial charge is 0.429 e. The van der Waals surface area contributed by atoms with Gasteiger partial charge in [-0.15, -0.1) is 0 Å². The molecule has 1 unspecified atom stereocenters. The molecule has 4 N–H and O–H groups in total. The third kappa shape index (κ3) is 5.74. The lowest BCUT2D eigenvalue weighted by Crippen LogP contribution is -2.41. The molecule has 2 atom stereocenters. The molecule has 39 heavy (non-hydrogen) atoms. The molecular formula is C25H27ClF3N7O3. The fourth-order valence-electron chi connectivity index (χ4n) is 5.30. The molecule has 5 rings (SSSR count). The van der Waals surface area contributed by atoms with Gasteiger partial charge in [0.1, 0.15) is 11.9 Å². The van der Waals surface area contributed by atoms with Gasteiger partial charge in [-0.1, -0.05) is 17.7 Å². The first-order valence-corrected chi connectivity index (χ1v) is 12.7. The fourth-order valence-corrected chi connectivity index (χ4v) is 5.47. The van der Waals surface area contributed by atoms with Crippen molar-refractivity contribution in [3.8, 4) is 17.1 Å². The van der Waals surface area contributed by atoms with Crippen LogP contribution >= 0.6 is 11.6 Å². The van der Waals surface area contributed by atoms with Crippen LogP contribution in [0.25, 0.3) is 11.3 Å². The number of hydrogen-bond acceptors (Lipinski definition) is 8. The number of piperidine rings is 1. The summed E-state index contributed by atoms with van der Waals surface area (Å²) >= 11 is 6.12. The van der Waals surface area contributed by atoms with Crippen LogP contribution in [0.1, 0.15) is 30.9 Å². The molecule has 0 amide bonds. The maximum absolute atomic E-state index is 14.4. The summed E-state index contributed by atoms with van der Waals surface area (Å²) in [4.78, 5) is 21.4. The van der Waals surface area contributed by atoms with E-state index in [1.54, 1.807) is 19.3 Å². The molecule has 2 saturated heterocycles. The molecule has 0 saturated carbocycles. The predicted molar refractivity (Wildman–Crippen MR) is 137 cm³/mol. The lowest BCUT2D eigenvalue weighted by molar-refractivity contribution is -0.198. The summed E-state index contributed by atoms with van der Waals surface area (Å²) in [6.45, 7) is 1.67. The highest BCUT2D eigenvalue weighted by Crippen LogP contribution is 2.43. The van der Waals surface area contributed by atoms with Crippen LogP contribution in [0.3, 0.4) is 0 Å². The number of carboxylic acids is 1. The van der Waals surface area contributed by atoms with Gasteiger partial charge in [-0.2, -0.15) is 28.2 Å². The van der Waals surface area contributed by atoms with Crippen molar-refractivity contribution in [2.24, 2.45) is 12.5 Å². The van der Waals surface area contributed by atoms with Crippen molar-refractivity contribution in [2.75, 3.05) is 30.3 Å². The van der Waals surface area contributed by atoms with E-state index in [4.69, 9.17) is 22.1 Å². The number of nitrogens with zero attached hydrogens (tertiary/aromatic N) is 5. The summed E-state index contributed by atoms with van der Waals surface area (Å²) in [5, 5.41) is 16.9. The molecule has 3 aromatic rings. The lowest BCUT2D eigenvalue weighted by atomic mass is 9.76. The highest BCUT2D eigenvalue weighted by atomic mass is 35.5. The highest BCUT2D eigenvalue weighted by molar-refractivity contribution is 6.30. The van der Waals surface area contributed by atoms with Crippen molar-refractivity contribution < 1.29 is 27.8 Å². The number of nitrogens with one attached hydrogen (secondary N) is 1. The second-order valence-corrected chi connectivity index (χ2v) is 10.5. The summed E-state index contributed by atoms with van der Waals surface area (Å²) in [6, 6.07) is 6.40. The monoisotopic (exact) mass is 565 g/mol. The average molecular weight is 566 g/mol. The van der Waals surface area contributed by atoms with Gasteiger partial charge in [-0.25, -0.2) is 0 Å². The molecule has 14 heteroatoms. The Kier molecular flexibility index (Phi) is 7.06. The first kappa shape index (κ1) is 27.0. The van der Waals surface area contributed by atoms with Crippen LogP contribution in [-0.4, -0.2) is 62.7 Å². The molecule has 1 spiro atoms. The molecule has 0 aliphatic carbocycles. The molecule has 208 valence electrons. The Morgan fingerprint density at radius 1 is 1.26 bits per heavy atom. The van der Waals surface area contributed by atoms with E-state index in [-0.39, 0.29) is 33.4 Å². The second-order valence-electron chi connectivity index (χ2n) is 10.0. The number of ether oxygens (including phenoxy) is 1. The molecule has 1 aromatic carbocycles. The normalized spacial score (nSPS) is 19.8. The maximum atomic E-state index is 14.4. The van der Waals surface area contributed by atoms with Crippen LogP contribution in [-0.2, 0) is 11.8 Å². The van der Waals surface area contributed by atoms with E-state index in [0.29, 0.717) is 50.4 Å². The first-order chi connectivity index (χ1) is 18.4. The molecule has 2 aliphatic heterocycles. The van der Waals surface area contributed by atoms with E-state index in [1.807, 2.05) is 4.90 Å². The maximum Gasteiger partial charge on any atom is 0.429 e. The van der Waals surface area contributed by atoms with Crippen molar-refractivity contribution in [3.63, 3.8) is 0 Å². The van der Waals surface area contributed by atoms with Gasteiger partial charge in [0.05, 0.1) is 5.69 Å². The van der Waals surface area contributed by atoms with Crippen LogP contribution in [0.5, 0.6) is 5.88 Å². The zero-order valence-electron chi connectivity index (χ0n) is 21.0. The van der Waals surface area contributed by atoms with Crippen molar-refractivity contribution in [1.29, 1.82) is 0 Å². The Labute approximate surface area is 226 Å². The van der Waals surface area contributed by atoms with Crippen molar-refractivity contribution in [2.45, 2.75) is 37.6 Å². The number of anilines is 2. The van der Waals surface area contributed by atoms with Crippen molar-refractivity contribution >= 4 is 29.3 Å². The number of carboxylic acid groups (broad SMARTS) is 1. The topological polar surface area (TPSA) is 131 Å². The second kappa shape index (κ2) is 10.2. The van der Waals surface area contributed by atoms with Crippen LogP contribution < -0.4 is 20.7 Å². The van der Waals surface area contributed by atoms with E-state index in [1.165, 1.54) is 28.9 Å². The predicted octanol–water partition coefficient (Wildman–Crippen LogP) is 3.83. The SMILES string of the molecule is Cn1ccc(-c2cc(Cl)ccc2[C@@H](Oc2cc(N3CCC4(CC3)CNC(C(=O)O)C4)nc(N)n2)C(F)(F)F)n1. The molecule has 4 heterocycles. The number of rotatable bonds is 6. The third-order valence-electron chi connectivity index (χ3n) is 7.34. The number of nitrogen functional groups attached to an aromatic ring is 1. The van der Waals surface area contributed by atoms with E-state index < -0.39 is 24.3 Å². The zero-order valence-corrected chi connectivity index (χ0v) is 21.7. The molecule has 2 aliphatic rings. The standard InChI is InChI=1S/C25H27ClF3N7O3/c1-35-7-4-17(34-35)16-10-14(26)2-3-15(16)21(25(27,28)29)39-20-11-19(32-23(30)33-20)36-8-5-24(6-9-36)12-18(22(37)38)31-13-24/h2-4,7,10-11,18,21,31H,5-6,8-9,12-13H2,1H3,(H,37,38)(H2,30,32,33)/t18?,21-/m1/s1. The van der Waals surface area contributed by atoms with E-state index in [9.17, 15) is 23.1 Å². The number of nitrogens with two attached hydrogens (primary N) is 1. The summed E-state index contributed by atoms with van der Waals surface area (Å²) in [7, 11) is 1.66. The lowest BCUT2D eigenvalue weighted by Gasteiger charge is -2.39. The molecule has 2 fully saturated rings. The first-order valence-electron chi connectivity index (χ1n) is 12.3. The minimum absolute atomic E-state index is 0.144. The van der Waals surface area contributed by atoms with Gasteiger partial charge >= 0.3 is 12.1 Å². The molecular weight excluding hydrogens is 539 g/mol. The average Bonchev–Trinajstić information content (AvgIpc) is 3.49. The number of carbonyl (C=O) groups is 1. The minimum atomic E-state index is -4.80. The Balaban J connectivity index is 1.40. The molecule has 2 aromatic heterocycles. The van der Waals surface area contributed by atoms with Gasteiger partial charge in [0.15, 0.2) is 0 Å². The van der Waals surface area contributed by atoms with Gasteiger partial charge < -0.3 is 25.8 Å². The molecule has 10 nitrogen and oxygen atoms in total. The zero-order chi connectivity index (χ0) is 27.9. The van der Waals surface area contributed by atoms with Crippen LogP contribution in [0, 0.1) is 5.41 Å². The quantitative estimate of drug-likeness (QED) is 0.408. The number of halogens is 4. The Morgan fingerprint density at radius 2 is 2.00 bits per heavy atom. The summed E-state index contributed by atoms with van der Waals surface area (Å²) < 4.78 is 50.1. The Hall–Kier alpha value is -3.58. The number of aryl methyl sites for hydroxylation is 1. The summed E-state index contributed by atoms with van der Waals surface area (Å²) in [5.74, 6) is -1.07. The van der Waals surface area contributed by atoms with E-state index in [2.05, 4.69) is 20.4 Å². The summed E-state index contributed by atoms with van der Waals surface area (Å²) in [5.41, 5.74) is 6.06. The number of aliphatic carboxylic acids is 1. The van der Waals surface area contributed by atoms with Crippen molar-refractivity contribution in [1.82, 2.24) is 25.1 Å². The Morgan fingerprint density at radius 3 is 2.62 bits per heavy atom. The third-order valence-corrected chi connectivity index (χ3v) is 7.57.